The SMILES string of the molecule is C=C1[CH+]CC(=C)C1. The fourth-order valence-corrected chi connectivity index (χ4v) is 0.754. The number of allylic oxidation sites excluding steroid dienone is 2. The van der Waals surface area contributed by atoms with Crippen LogP contribution in [0.1, 0.15) is 12.8 Å². The van der Waals surface area contributed by atoms with Gasteiger partial charge in [-0.1, -0.05) is 6.58 Å². The molecule has 1 aliphatic carbocycles. The largest absolute Gasteiger partial charge is 0.104 e. The lowest BCUT2D eigenvalue weighted by Gasteiger charge is -1.76. The van der Waals surface area contributed by atoms with Gasteiger partial charge in [0.1, 0.15) is 5.57 Å². The van der Waals surface area contributed by atoms with E-state index in [-0.39, 0.29) is 0 Å². The molecule has 0 N–H and O–H groups in total. The van der Waals surface area contributed by atoms with Gasteiger partial charge in [-0.05, 0) is 5.57 Å². The predicted molar refractivity (Wildman–Crippen MR) is 31.8 cm³/mol. The molecular formula is C7H9+. The van der Waals surface area contributed by atoms with Gasteiger partial charge < -0.3 is 0 Å². The van der Waals surface area contributed by atoms with E-state index in [9.17, 15) is 0 Å². The highest BCUT2D eigenvalue weighted by molar-refractivity contribution is 5.27. The highest BCUT2D eigenvalue weighted by Crippen LogP contribution is 2.24. The summed E-state index contributed by atoms with van der Waals surface area (Å²) in [5.74, 6) is 0. The van der Waals surface area contributed by atoms with Gasteiger partial charge in [0.2, 0.25) is 0 Å². The lowest BCUT2D eigenvalue weighted by molar-refractivity contribution is 1.22. The predicted octanol–water partition coefficient (Wildman–Crippen LogP) is 2.10. The fraction of sp³-hybridized carbons (Fsp3) is 0.286. The molecule has 7 heavy (non-hydrogen) atoms. The van der Waals surface area contributed by atoms with E-state index < -0.39 is 0 Å². The van der Waals surface area contributed by atoms with Crippen molar-refractivity contribution in [3.8, 4) is 0 Å². The summed E-state index contributed by atoms with van der Waals surface area (Å²) in [5.41, 5.74) is 2.52. The lowest BCUT2D eigenvalue weighted by Crippen LogP contribution is -1.62. The first-order valence-electron chi connectivity index (χ1n) is 2.46. The van der Waals surface area contributed by atoms with Crippen molar-refractivity contribution in [3.63, 3.8) is 0 Å². The zero-order valence-electron chi connectivity index (χ0n) is 4.41. The summed E-state index contributed by atoms with van der Waals surface area (Å²) in [4.78, 5) is 0. The summed E-state index contributed by atoms with van der Waals surface area (Å²) < 4.78 is 0. The van der Waals surface area contributed by atoms with Crippen molar-refractivity contribution < 1.29 is 0 Å². The highest BCUT2D eigenvalue weighted by atomic mass is 14.1. The molecule has 1 saturated carbocycles. The second-order valence-electron chi connectivity index (χ2n) is 1.99. The molecule has 0 bridgehead atoms. The molecule has 0 aliphatic heterocycles. The smallest absolute Gasteiger partial charge is 0.0973 e. The van der Waals surface area contributed by atoms with Crippen molar-refractivity contribution in [1.29, 1.82) is 0 Å². The average Bonchev–Trinajstić information content (AvgIpc) is 1.87. The van der Waals surface area contributed by atoms with E-state index in [0.29, 0.717) is 0 Å². The molecule has 0 heteroatoms. The molecule has 1 rings (SSSR count). The Morgan fingerprint density at radius 2 is 2.14 bits per heavy atom. The normalized spacial score (nSPS) is 20.0. The molecule has 36 valence electrons. The molecule has 0 aromatic heterocycles. The van der Waals surface area contributed by atoms with Gasteiger partial charge >= 0.3 is 0 Å². The number of hydrogen-bond acceptors (Lipinski definition) is 0. The van der Waals surface area contributed by atoms with Crippen molar-refractivity contribution in [2.45, 2.75) is 12.8 Å². The Hall–Kier alpha value is -0.650. The second-order valence-corrected chi connectivity index (χ2v) is 1.99. The summed E-state index contributed by atoms with van der Waals surface area (Å²) >= 11 is 0. The summed E-state index contributed by atoms with van der Waals surface area (Å²) in [6.45, 7) is 7.60. The van der Waals surface area contributed by atoms with Gasteiger partial charge in [-0.2, -0.15) is 0 Å². The maximum atomic E-state index is 3.81. The van der Waals surface area contributed by atoms with Gasteiger partial charge in [-0.3, -0.25) is 0 Å². The molecule has 0 amide bonds. The first-order chi connectivity index (χ1) is 3.29. The third-order valence-corrected chi connectivity index (χ3v) is 1.16. The van der Waals surface area contributed by atoms with Crippen molar-refractivity contribution in [1.82, 2.24) is 0 Å². The van der Waals surface area contributed by atoms with E-state index in [2.05, 4.69) is 19.6 Å². The molecule has 0 saturated heterocycles. The molecule has 0 unspecified atom stereocenters. The van der Waals surface area contributed by atoms with Crippen LogP contribution in [-0.4, -0.2) is 0 Å². The van der Waals surface area contributed by atoms with Gasteiger partial charge in [-0.25, -0.2) is 0 Å². The monoisotopic (exact) mass is 93.1 g/mol. The van der Waals surface area contributed by atoms with Crippen molar-refractivity contribution in [2.75, 3.05) is 0 Å². The molecular weight excluding hydrogens is 84.1 g/mol. The van der Waals surface area contributed by atoms with Crippen LogP contribution in [-0.2, 0) is 0 Å². The van der Waals surface area contributed by atoms with E-state index in [1.54, 1.807) is 0 Å². The van der Waals surface area contributed by atoms with Crippen LogP contribution in [0.25, 0.3) is 0 Å². The topological polar surface area (TPSA) is 0 Å². The van der Waals surface area contributed by atoms with Crippen molar-refractivity contribution >= 4 is 0 Å². The van der Waals surface area contributed by atoms with Crippen LogP contribution in [0.4, 0.5) is 0 Å². The van der Waals surface area contributed by atoms with Gasteiger partial charge in [0.15, 0.2) is 0 Å². The number of rotatable bonds is 0. The molecule has 0 nitrogen and oxygen atoms in total. The first kappa shape index (κ1) is 4.51. The minimum atomic E-state index is 1.03. The van der Waals surface area contributed by atoms with Crippen LogP contribution in [0.3, 0.4) is 0 Å². The second kappa shape index (κ2) is 1.45. The van der Waals surface area contributed by atoms with Crippen LogP contribution in [0, 0.1) is 6.42 Å². The van der Waals surface area contributed by atoms with E-state index in [1.165, 1.54) is 11.1 Å². The standard InChI is InChI=1S/C7H9/c1-6-3-4-7(2)5-6/h3H,1-2,4-5H2/q+1. The quantitative estimate of drug-likeness (QED) is 0.318. The Bertz CT molecular complexity index is 95.2. The molecule has 1 aliphatic rings. The maximum Gasteiger partial charge on any atom is 0.104 e. The summed E-state index contributed by atoms with van der Waals surface area (Å²) in [6, 6.07) is 0. The Balaban J connectivity index is 2.55. The molecule has 0 aromatic carbocycles. The summed E-state index contributed by atoms with van der Waals surface area (Å²) in [6.07, 6.45) is 4.21. The third-order valence-electron chi connectivity index (χ3n) is 1.16. The molecule has 0 spiro atoms. The third kappa shape index (κ3) is 0.861. The van der Waals surface area contributed by atoms with Gasteiger partial charge in [0.05, 0.1) is 6.42 Å². The molecule has 0 aromatic rings. The Morgan fingerprint density at radius 3 is 2.29 bits per heavy atom. The van der Waals surface area contributed by atoms with Gasteiger partial charge in [0, 0.05) is 19.4 Å². The Labute approximate surface area is 44.5 Å². The van der Waals surface area contributed by atoms with E-state index >= 15 is 0 Å². The van der Waals surface area contributed by atoms with Crippen molar-refractivity contribution in [3.05, 3.63) is 30.7 Å². The average molecular weight is 93.1 g/mol. The van der Waals surface area contributed by atoms with Gasteiger partial charge in [0.25, 0.3) is 0 Å². The minimum absolute atomic E-state index is 1.03. The zero-order valence-corrected chi connectivity index (χ0v) is 4.41. The first-order valence-corrected chi connectivity index (χ1v) is 2.46. The van der Waals surface area contributed by atoms with Crippen molar-refractivity contribution in [2.24, 2.45) is 0 Å². The van der Waals surface area contributed by atoms with Gasteiger partial charge in [-0.15, -0.1) is 0 Å². The molecule has 0 atom stereocenters. The fourth-order valence-electron chi connectivity index (χ4n) is 0.754. The highest BCUT2D eigenvalue weighted by Gasteiger charge is 2.14. The maximum absolute atomic E-state index is 3.81. The Morgan fingerprint density at radius 1 is 1.43 bits per heavy atom. The van der Waals surface area contributed by atoms with Crippen LogP contribution in [0.15, 0.2) is 24.3 Å². The van der Waals surface area contributed by atoms with Crippen LogP contribution < -0.4 is 0 Å². The van der Waals surface area contributed by atoms with E-state index in [4.69, 9.17) is 0 Å². The number of hydrogen-bond donors (Lipinski definition) is 0. The molecule has 0 radical (unpaired) electrons. The minimum Gasteiger partial charge on any atom is -0.0973 e. The van der Waals surface area contributed by atoms with E-state index in [1.807, 2.05) is 0 Å². The van der Waals surface area contributed by atoms with Crippen LogP contribution >= 0.6 is 0 Å². The van der Waals surface area contributed by atoms with E-state index in [0.717, 1.165) is 12.8 Å². The van der Waals surface area contributed by atoms with Crippen LogP contribution in [0.5, 0.6) is 0 Å². The van der Waals surface area contributed by atoms with Crippen LogP contribution in [0.2, 0.25) is 0 Å². The lowest BCUT2D eigenvalue weighted by atomic mass is 10.2. The summed E-state index contributed by atoms with van der Waals surface area (Å²) in [5, 5.41) is 0. The molecule has 1 fully saturated rings. The summed E-state index contributed by atoms with van der Waals surface area (Å²) in [7, 11) is 0. The zero-order chi connectivity index (χ0) is 5.28. The molecule has 0 heterocycles. The Kier molecular flexibility index (Phi) is 0.935.